The third-order valence-electron chi connectivity index (χ3n) is 2.89. The van der Waals surface area contributed by atoms with Gasteiger partial charge in [-0.15, -0.1) is 0 Å². The van der Waals surface area contributed by atoms with E-state index < -0.39 is 5.82 Å². The Bertz CT molecular complexity index is 653. The van der Waals surface area contributed by atoms with E-state index >= 15 is 0 Å². The van der Waals surface area contributed by atoms with Gasteiger partial charge in [-0.25, -0.2) is 4.39 Å². The minimum Gasteiger partial charge on any atom is -0.494 e. The second kappa shape index (κ2) is 6.54. The number of rotatable bonds is 3. The van der Waals surface area contributed by atoms with E-state index in [1.54, 1.807) is 12.1 Å². The van der Waals surface area contributed by atoms with Crippen molar-refractivity contribution in [1.82, 2.24) is 0 Å². The molecule has 0 aromatic heterocycles. The Morgan fingerprint density at radius 3 is 2.19 bits per heavy atom. The number of nitrogens with one attached hydrogen (secondary N) is 2. The molecule has 0 saturated heterocycles. The van der Waals surface area contributed by atoms with Gasteiger partial charge in [-0.3, -0.25) is 0 Å². The summed E-state index contributed by atoms with van der Waals surface area (Å²) in [7, 11) is 1.43. The summed E-state index contributed by atoms with van der Waals surface area (Å²) in [5.74, 6) is -0.231. The van der Waals surface area contributed by atoms with Crippen molar-refractivity contribution in [1.29, 1.82) is 0 Å². The molecule has 0 fully saturated rings. The van der Waals surface area contributed by atoms with Crippen LogP contribution in [0.2, 0.25) is 0 Å². The molecule has 0 unspecified atom stereocenters. The maximum atomic E-state index is 13.6. The molecule has 0 aliphatic rings. The van der Waals surface area contributed by atoms with Crippen LogP contribution in [-0.4, -0.2) is 12.2 Å². The molecule has 0 atom stereocenters. The van der Waals surface area contributed by atoms with E-state index in [1.165, 1.54) is 13.2 Å². The van der Waals surface area contributed by atoms with Crippen LogP contribution in [0.25, 0.3) is 0 Å². The van der Waals surface area contributed by atoms with E-state index in [4.69, 9.17) is 17.0 Å². The van der Waals surface area contributed by atoms with E-state index in [2.05, 4.69) is 16.7 Å². The van der Waals surface area contributed by atoms with Crippen LogP contribution in [0.1, 0.15) is 11.1 Å². The number of hydrogen-bond acceptors (Lipinski definition) is 2. The second-order valence-electron chi connectivity index (χ2n) is 4.80. The second-order valence-corrected chi connectivity index (χ2v) is 5.21. The predicted octanol–water partition coefficient (Wildman–Crippen LogP) is 4.26. The summed E-state index contributed by atoms with van der Waals surface area (Å²) in [5.41, 5.74) is 3.76. The molecule has 0 radical (unpaired) electrons. The zero-order valence-electron chi connectivity index (χ0n) is 12.2. The Morgan fingerprint density at radius 1 is 1.00 bits per heavy atom. The van der Waals surface area contributed by atoms with Crippen molar-refractivity contribution in [2.24, 2.45) is 0 Å². The zero-order valence-corrected chi connectivity index (χ0v) is 13.0. The highest BCUT2D eigenvalue weighted by Gasteiger charge is 2.05. The molecule has 3 nitrogen and oxygen atoms in total. The lowest BCUT2D eigenvalue weighted by Crippen LogP contribution is -2.19. The van der Waals surface area contributed by atoms with Gasteiger partial charge in [0.05, 0.1) is 7.11 Å². The minimum atomic E-state index is -0.434. The summed E-state index contributed by atoms with van der Waals surface area (Å²) in [6.45, 7) is 4.04. The van der Waals surface area contributed by atoms with Crippen LogP contribution in [0, 0.1) is 19.7 Å². The Kier molecular flexibility index (Phi) is 4.75. The van der Waals surface area contributed by atoms with Crippen molar-refractivity contribution in [3.05, 3.63) is 53.3 Å². The molecule has 110 valence electrons. The standard InChI is InChI=1S/C16H17FN2OS/c1-10-6-11(2)8-13(7-10)19-16(21)18-12-4-5-15(20-3)14(17)9-12/h4-9H,1-3H3,(H2,18,19,21). The molecule has 0 heterocycles. The first-order valence-corrected chi connectivity index (χ1v) is 6.88. The van der Waals surface area contributed by atoms with Gasteiger partial charge in [-0.1, -0.05) is 6.07 Å². The number of benzene rings is 2. The van der Waals surface area contributed by atoms with Gasteiger partial charge >= 0.3 is 0 Å². The molecule has 0 saturated carbocycles. The summed E-state index contributed by atoms with van der Waals surface area (Å²) in [5, 5.41) is 6.44. The van der Waals surface area contributed by atoms with Crippen molar-refractivity contribution in [2.75, 3.05) is 17.7 Å². The number of halogens is 1. The van der Waals surface area contributed by atoms with Gasteiger partial charge in [0.2, 0.25) is 0 Å². The summed E-state index contributed by atoms with van der Waals surface area (Å²) in [6, 6.07) is 10.7. The molecular weight excluding hydrogens is 287 g/mol. The van der Waals surface area contributed by atoms with E-state index in [0.717, 1.165) is 16.8 Å². The Labute approximate surface area is 129 Å². The highest BCUT2D eigenvalue weighted by Crippen LogP contribution is 2.21. The first-order chi connectivity index (χ1) is 9.97. The summed E-state index contributed by atoms with van der Waals surface area (Å²) in [6.07, 6.45) is 0. The van der Waals surface area contributed by atoms with Gasteiger partial charge in [0.25, 0.3) is 0 Å². The van der Waals surface area contributed by atoms with Crippen LogP contribution in [0.4, 0.5) is 15.8 Å². The van der Waals surface area contributed by atoms with Gasteiger partial charge in [-0.2, -0.15) is 0 Å². The van der Waals surface area contributed by atoms with Crippen LogP contribution in [0.5, 0.6) is 5.75 Å². The molecule has 0 amide bonds. The highest BCUT2D eigenvalue weighted by molar-refractivity contribution is 7.80. The smallest absolute Gasteiger partial charge is 0.175 e. The fourth-order valence-corrected chi connectivity index (χ4v) is 2.32. The molecule has 2 N–H and O–H groups in total. The third-order valence-corrected chi connectivity index (χ3v) is 3.09. The monoisotopic (exact) mass is 304 g/mol. The van der Waals surface area contributed by atoms with Gasteiger partial charge in [-0.05, 0) is 61.5 Å². The summed E-state index contributed by atoms with van der Waals surface area (Å²) in [4.78, 5) is 0. The lowest BCUT2D eigenvalue weighted by molar-refractivity contribution is 0.387. The van der Waals surface area contributed by atoms with Crippen molar-refractivity contribution in [3.8, 4) is 5.75 Å². The predicted molar refractivity (Wildman–Crippen MR) is 88.7 cm³/mol. The third kappa shape index (κ3) is 4.16. The van der Waals surface area contributed by atoms with Crippen molar-refractivity contribution in [2.45, 2.75) is 13.8 Å². The van der Waals surface area contributed by atoms with Crippen molar-refractivity contribution in [3.63, 3.8) is 0 Å². The maximum Gasteiger partial charge on any atom is 0.175 e. The largest absolute Gasteiger partial charge is 0.494 e. The zero-order chi connectivity index (χ0) is 15.4. The molecule has 2 aromatic carbocycles. The van der Waals surface area contributed by atoms with Crippen LogP contribution in [0.3, 0.4) is 0 Å². The van der Waals surface area contributed by atoms with Gasteiger partial charge in [0.1, 0.15) is 0 Å². The quantitative estimate of drug-likeness (QED) is 0.830. The van der Waals surface area contributed by atoms with Gasteiger partial charge in [0, 0.05) is 17.4 Å². The lowest BCUT2D eigenvalue weighted by atomic mass is 10.1. The fraction of sp³-hybridized carbons (Fsp3) is 0.188. The average molecular weight is 304 g/mol. The maximum absolute atomic E-state index is 13.6. The van der Waals surface area contributed by atoms with Gasteiger partial charge < -0.3 is 15.4 Å². The number of hydrogen-bond donors (Lipinski definition) is 2. The van der Waals surface area contributed by atoms with E-state index in [0.29, 0.717) is 10.8 Å². The number of anilines is 2. The molecule has 2 aromatic rings. The van der Waals surface area contributed by atoms with Crippen molar-refractivity contribution < 1.29 is 9.13 Å². The first-order valence-electron chi connectivity index (χ1n) is 6.48. The number of thiocarbonyl (C=S) groups is 1. The van der Waals surface area contributed by atoms with Crippen molar-refractivity contribution >= 4 is 28.7 Å². The highest BCUT2D eigenvalue weighted by atomic mass is 32.1. The SMILES string of the molecule is COc1ccc(NC(=S)Nc2cc(C)cc(C)c2)cc1F. The van der Waals surface area contributed by atoms with Crippen LogP contribution >= 0.6 is 12.2 Å². The Morgan fingerprint density at radius 2 is 1.62 bits per heavy atom. The Balaban J connectivity index is 2.06. The molecule has 0 spiro atoms. The van der Waals surface area contributed by atoms with Crippen LogP contribution < -0.4 is 15.4 Å². The number of methoxy groups -OCH3 is 1. The molecule has 21 heavy (non-hydrogen) atoms. The van der Waals surface area contributed by atoms with E-state index in [1.807, 2.05) is 26.0 Å². The summed E-state index contributed by atoms with van der Waals surface area (Å²) >= 11 is 5.23. The van der Waals surface area contributed by atoms with Crippen LogP contribution in [0.15, 0.2) is 36.4 Å². The lowest BCUT2D eigenvalue weighted by Gasteiger charge is -2.12. The normalized spacial score (nSPS) is 10.1. The minimum absolute atomic E-state index is 0.203. The van der Waals surface area contributed by atoms with E-state index in [-0.39, 0.29) is 5.75 Å². The van der Waals surface area contributed by atoms with Crippen LogP contribution in [-0.2, 0) is 0 Å². The topological polar surface area (TPSA) is 33.3 Å². The number of ether oxygens (including phenoxy) is 1. The average Bonchev–Trinajstić information content (AvgIpc) is 2.37. The molecule has 2 rings (SSSR count). The van der Waals surface area contributed by atoms with Gasteiger partial charge in [0.15, 0.2) is 16.7 Å². The number of aryl methyl sites for hydroxylation is 2. The summed E-state index contributed by atoms with van der Waals surface area (Å²) < 4.78 is 18.5. The molecule has 0 aliphatic carbocycles. The van der Waals surface area contributed by atoms with E-state index in [9.17, 15) is 4.39 Å². The fourth-order valence-electron chi connectivity index (χ4n) is 2.08. The molecule has 0 bridgehead atoms. The molecule has 5 heteroatoms. The molecule has 0 aliphatic heterocycles. The Hall–Kier alpha value is -2.14. The first kappa shape index (κ1) is 15.3. The molecular formula is C16H17FN2OS.